The van der Waals surface area contributed by atoms with Gasteiger partial charge in [-0.15, -0.1) is 0 Å². The number of benzene rings is 2. The van der Waals surface area contributed by atoms with Crippen molar-refractivity contribution in [1.82, 2.24) is 0 Å². The number of rotatable bonds is 3. The van der Waals surface area contributed by atoms with Crippen molar-refractivity contribution in [1.29, 1.82) is 0 Å². The van der Waals surface area contributed by atoms with Crippen LogP contribution in [0.1, 0.15) is 17.3 Å². The summed E-state index contributed by atoms with van der Waals surface area (Å²) in [6.45, 7) is 1.45. The van der Waals surface area contributed by atoms with Crippen LogP contribution in [0.2, 0.25) is 15.1 Å². The minimum absolute atomic E-state index is 0.136. The average molecular weight is 316 g/mol. The van der Waals surface area contributed by atoms with Crippen molar-refractivity contribution < 1.29 is 9.53 Å². The lowest BCUT2D eigenvalue weighted by molar-refractivity contribution is 0.101. The fraction of sp³-hybridized carbons (Fsp3) is 0.0714. The molecule has 0 fully saturated rings. The van der Waals surface area contributed by atoms with Crippen LogP contribution in [0.4, 0.5) is 0 Å². The Balaban J connectivity index is 2.40. The Kier molecular flexibility index (Phi) is 4.35. The van der Waals surface area contributed by atoms with E-state index in [9.17, 15) is 4.79 Å². The SMILES string of the molecule is CC(=O)c1cc(Cl)ccc1Oc1ccc(Cl)cc1Cl. The van der Waals surface area contributed by atoms with Gasteiger partial charge in [-0.1, -0.05) is 34.8 Å². The molecule has 0 aliphatic heterocycles. The monoisotopic (exact) mass is 314 g/mol. The Morgan fingerprint density at radius 3 is 2.11 bits per heavy atom. The van der Waals surface area contributed by atoms with Gasteiger partial charge in [0.25, 0.3) is 0 Å². The third-order valence-corrected chi connectivity index (χ3v) is 3.20. The van der Waals surface area contributed by atoms with Crippen LogP contribution >= 0.6 is 34.8 Å². The predicted molar refractivity (Wildman–Crippen MR) is 78.0 cm³/mol. The second-order valence-electron chi connectivity index (χ2n) is 3.87. The van der Waals surface area contributed by atoms with Crippen molar-refractivity contribution >= 4 is 40.6 Å². The lowest BCUT2D eigenvalue weighted by atomic mass is 10.1. The van der Waals surface area contributed by atoms with Crippen LogP contribution in [0.15, 0.2) is 36.4 Å². The van der Waals surface area contributed by atoms with Gasteiger partial charge in [0.2, 0.25) is 0 Å². The van der Waals surface area contributed by atoms with Gasteiger partial charge in [0, 0.05) is 10.0 Å². The largest absolute Gasteiger partial charge is 0.455 e. The predicted octanol–water partition coefficient (Wildman–Crippen LogP) is 5.64. The smallest absolute Gasteiger partial charge is 0.163 e. The highest BCUT2D eigenvalue weighted by Crippen LogP contribution is 2.34. The number of ketones is 1. The molecule has 2 aromatic rings. The van der Waals surface area contributed by atoms with E-state index < -0.39 is 0 Å². The van der Waals surface area contributed by atoms with E-state index in [2.05, 4.69) is 0 Å². The summed E-state index contributed by atoms with van der Waals surface area (Å²) in [6.07, 6.45) is 0. The molecule has 5 heteroatoms. The molecular weight excluding hydrogens is 307 g/mol. The van der Waals surface area contributed by atoms with Crippen molar-refractivity contribution in [2.24, 2.45) is 0 Å². The molecule has 0 N–H and O–H groups in total. The molecule has 0 heterocycles. The number of Topliss-reactive ketones (excluding diaryl/α,β-unsaturated/α-hetero) is 1. The maximum Gasteiger partial charge on any atom is 0.163 e. The van der Waals surface area contributed by atoms with Crippen LogP contribution in [0, 0.1) is 0 Å². The van der Waals surface area contributed by atoms with Gasteiger partial charge in [-0.25, -0.2) is 0 Å². The van der Waals surface area contributed by atoms with E-state index in [1.54, 1.807) is 36.4 Å². The molecule has 2 aromatic carbocycles. The summed E-state index contributed by atoms with van der Waals surface area (Å²) in [5, 5.41) is 1.36. The molecule has 0 aliphatic carbocycles. The zero-order valence-electron chi connectivity index (χ0n) is 9.91. The third-order valence-electron chi connectivity index (χ3n) is 2.43. The van der Waals surface area contributed by atoms with Crippen LogP contribution in [0.25, 0.3) is 0 Å². The Hall–Kier alpha value is -1.22. The number of hydrogen-bond donors (Lipinski definition) is 0. The van der Waals surface area contributed by atoms with Gasteiger partial charge in [0.05, 0.1) is 10.6 Å². The van der Waals surface area contributed by atoms with Crippen LogP contribution in [-0.4, -0.2) is 5.78 Å². The Labute approximate surface area is 125 Å². The minimum Gasteiger partial charge on any atom is -0.455 e. The molecule has 0 saturated carbocycles. The lowest BCUT2D eigenvalue weighted by Crippen LogP contribution is -1.97. The number of carbonyl (C=O) groups excluding carboxylic acids is 1. The highest BCUT2D eigenvalue weighted by Gasteiger charge is 2.12. The van der Waals surface area contributed by atoms with Crippen molar-refractivity contribution in [3.8, 4) is 11.5 Å². The number of halogens is 3. The van der Waals surface area contributed by atoms with Crippen LogP contribution in [0.5, 0.6) is 11.5 Å². The van der Waals surface area contributed by atoms with Crippen molar-refractivity contribution in [3.05, 3.63) is 57.0 Å². The fourth-order valence-electron chi connectivity index (χ4n) is 1.54. The lowest BCUT2D eigenvalue weighted by Gasteiger charge is -2.11. The van der Waals surface area contributed by atoms with E-state index in [4.69, 9.17) is 39.5 Å². The molecule has 0 atom stereocenters. The molecule has 19 heavy (non-hydrogen) atoms. The summed E-state index contributed by atoms with van der Waals surface area (Å²) in [6, 6.07) is 9.71. The quantitative estimate of drug-likeness (QED) is 0.685. The molecule has 0 bridgehead atoms. The zero-order valence-corrected chi connectivity index (χ0v) is 12.2. The molecule has 0 spiro atoms. The molecule has 98 valence electrons. The van der Waals surface area contributed by atoms with Crippen LogP contribution in [0.3, 0.4) is 0 Å². The molecule has 0 radical (unpaired) electrons. The van der Waals surface area contributed by atoms with E-state index in [0.29, 0.717) is 32.1 Å². The average Bonchev–Trinajstić information content (AvgIpc) is 2.34. The summed E-state index contributed by atoms with van der Waals surface area (Å²) in [5.41, 5.74) is 0.401. The molecule has 0 aromatic heterocycles. The van der Waals surface area contributed by atoms with Gasteiger partial charge < -0.3 is 4.74 Å². The summed E-state index contributed by atoms with van der Waals surface area (Å²) >= 11 is 17.7. The summed E-state index contributed by atoms with van der Waals surface area (Å²) in [5.74, 6) is 0.694. The first-order valence-corrected chi connectivity index (χ1v) is 6.54. The van der Waals surface area contributed by atoms with E-state index in [0.717, 1.165) is 0 Å². The van der Waals surface area contributed by atoms with E-state index >= 15 is 0 Å². The maximum absolute atomic E-state index is 11.6. The molecule has 0 unspecified atom stereocenters. The highest BCUT2D eigenvalue weighted by atomic mass is 35.5. The minimum atomic E-state index is -0.136. The van der Waals surface area contributed by atoms with Gasteiger partial charge >= 0.3 is 0 Å². The molecule has 2 nitrogen and oxygen atoms in total. The molecule has 2 rings (SSSR count). The third kappa shape index (κ3) is 3.41. The van der Waals surface area contributed by atoms with Crippen molar-refractivity contribution in [2.45, 2.75) is 6.92 Å². The maximum atomic E-state index is 11.6. The van der Waals surface area contributed by atoms with E-state index in [1.165, 1.54) is 6.92 Å². The summed E-state index contributed by atoms with van der Waals surface area (Å²) in [7, 11) is 0. The van der Waals surface area contributed by atoms with Gasteiger partial charge in [0.15, 0.2) is 5.78 Å². The van der Waals surface area contributed by atoms with E-state index in [1.807, 2.05) is 0 Å². The summed E-state index contributed by atoms with van der Waals surface area (Å²) in [4.78, 5) is 11.6. The second kappa shape index (κ2) is 5.83. The van der Waals surface area contributed by atoms with E-state index in [-0.39, 0.29) is 5.78 Å². The highest BCUT2D eigenvalue weighted by molar-refractivity contribution is 6.35. The Morgan fingerprint density at radius 1 is 0.947 bits per heavy atom. The number of ether oxygens (including phenoxy) is 1. The number of carbonyl (C=O) groups is 1. The van der Waals surface area contributed by atoms with Gasteiger partial charge in [-0.05, 0) is 43.3 Å². The van der Waals surface area contributed by atoms with Crippen LogP contribution in [-0.2, 0) is 0 Å². The topological polar surface area (TPSA) is 26.3 Å². The summed E-state index contributed by atoms with van der Waals surface area (Å²) < 4.78 is 5.64. The van der Waals surface area contributed by atoms with Crippen molar-refractivity contribution in [2.75, 3.05) is 0 Å². The first-order valence-electron chi connectivity index (χ1n) is 5.41. The Bertz CT molecular complexity index is 639. The van der Waals surface area contributed by atoms with Crippen molar-refractivity contribution in [3.63, 3.8) is 0 Å². The molecule has 0 aliphatic rings. The normalized spacial score (nSPS) is 10.3. The second-order valence-corrected chi connectivity index (χ2v) is 5.15. The Morgan fingerprint density at radius 2 is 1.53 bits per heavy atom. The van der Waals surface area contributed by atoms with Gasteiger partial charge in [-0.2, -0.15) is 0 Å². The number of hydrogen-bond acceptors (Lipinski definition) is 2. The van der Waals surface area contributed by atoms with Crippen LogP contribution < -0.4 is 4.74 Å². The van der Waals surface area contributed by atoms with Gasteiger partial charge in [-0.3, -0.25) is 4.79 Å². The fourth-order valence-corrected chi connectivity index (χ4v) is 2.16. The molecular formula is C14H9Cl3O2. The molecule has 0 amide bonds. The zero-order chi connectivity index (χ0) is 14.0. The standard InChI is InChI=1S/C14H9Cl3O2/c1-8(18)11-6-9(15)2-4-13(11)19-14-5-3-10(16)7-12(14)17/h2-7H,1H3. The van der Waals surface area contributed by atoms with Gasteiger partial charge in [0.1, 0.15) is 11.5 Å². The molecule has 0 saturated heterocycles. The first kappa shape index (κ1) is 14.2. The first-order chi connectivity index (χ1) is 8.97.